The van der Waals surface area contributed by atoms with E-state index in [1.54, 1.807) is 12.1 Å². The molecule has 6 heteroatoms. The van der Waals surface area contributed by atoms with Crippen molar-refractivity contribution in [1.29, 1.82) is 0 Å². The first-order valence-corrected chi connectivity index (χ1v) is 8.20. The van der Waals surface area contributed by atoms with Crippen LogP contribution in [0.3, 0.4) is 0 Å². The summed E-state index contributed by atoms with van der Waals surface area (Å²) in [5.41, 5.74) is 2.55. The molecule has 6 nitrogen and oxygen atoms in total. The first-order valence-electron chi connectivity index (χ1n) is 8.20. The van der Waals surface area contributed by atoms with Crippen molar-refractivity contribution in [1.82, 2.24) is 14.9 Å². The third kappa shape index (κ3) is 2.92. The number of para-hydroxylation sites is 1. The number of benzene rings is 1. The summed E-state index contributed by atoms with van der Waals surface area (Å²) in [7, 11) is 2.13. The molecule has 3 aromatic rings. The molecule has 2 N–H and O–H groups in total. The Hall–Kier alpha value is -2.60. The molecule has 0 amide bonds. The standard InChI is InChI=1S/C18H20N4O2/c1-22-10-4-5-12(11-22)19-18-21-17-16(24-18)9-8-14(20-17)13-6-2-3-7-15(13)23/h2-3,6-9,12,23H,4-5,10-11H2,1H3,(H,19,20,21)/t12-/m1/s1. The van der Waals surface area contributed by atoms with Gasteiger partial charge in [-0.1, -0.05) is 12.1 Å². The number of hydrogen-bond donors (Lipinski definition) is 2. The Bertz CT molecular complexity index is 861. The van der Waals surface area contributed by atoms with Crippen molar-refractivity contribution in [2.24, 2.45) is 0 Å². The molecule has 0 unspecified atom stereocenters. The zero-order chi connectivity index (χ0) is 16.5. The molecular formula is C18H20N4O2. The Balaban J connectivity index is 1.60. The van der Waals surface area contributed by atoms with Crippen LogP contribution in [0.15, 0.2) is 40.8 Å². The van der Waals surface area contributed by atoms with Crippen molar-refractivity contribution >= 4 is 17.2 Å². The van der Waals surface area contributed by atoms with Gasteiger partial charge in [0.1, 0.15) is 5.75 Å². The molecule has 0 spiro atoms. The highest BCUT2D eigenvalue weighted by Crippen LogP contribution is 2.29. The number of likely N-dealkylation sites (N-methyl/N-ethyl adjacent to an activating group) is 1. The van der Waals surface area contributed by atoms with E-state index in [2.05, 4.69) is 27.2 Å². The van der Waals surface area contributed by atoms with Crippen LogP contribution in [0.5, 0.6) is 5.75 Å². The molecule has 1 aliphatic heterocycles. The van der Waals surface area contributed by atoms with Crippen LogP contribution in [-0.4, -0.2) is 46.2 Å². The molecule has 1 aromatic carbocycles. The number of phenols is 1. The Morgan fingerprint density at radius 3 is 2.92 bits per heavy atom. The number of piperidine rings is 1. The molecule has 0 aliphatic carbocycles. The van der Waals surface area contributed by atoms with Gasteiger partial charge in [0.2, 0.25) is 5.65 Å². The van der Waals surface area contributed by atoms with Crippen LogP contribution in [0.4, 0.5) is 6.01 Å². The summed E-state index contributed by atoms with van der Waals surface area (Å²) in [6.45, 7) is 2.12. The molecule has 0 radical (unpaired) electrons. The summed E-state index contributed by atoms with van der Waals surface area (Å²) in [5, 5.41) is 13.3. The third-order valence-electron chi connectivity index (χ3n) is 4.39. The zero-order valence-corrected chi connectivity index (χ0v) is 13.6. The predicted molar refractivity (Wildman–Crippen MR) is 93.0 cm³/mol. The first-order chi connectivity index (χ1) is 11.7. The number of oxazole rings is 1. The Labute approximate surface area is 140 Å². The predicted octanol–water partition coefficient (Wildman–Crippen LogP) is 3.10. The normalized spacial score (nSPS) is 18.8. The summed E-state index contributed by atoms with van der Waals surface area (Å²) in [5.74, 6) is 0.205. The van der Waals surface area contributed by atoms with E-state index in [0.717, 1.165) is 19.5 Å². The smallest absolute Gasteiger partial charge is 0.297 e. The van der Waals surface area contributed by atoms with Crippen LogP contribution in [0, 0.1) is 0 Å². The maximum atomic E-state index is 9.98. The molecule has 3 heterocycles. The van der Waals surface area contributed by atoms with Crippen molar-refractivity contribution in [2.45, 2.75) is 18.9 Å². The van der Waals surface area contributed by atoms with Crippen LogP contribution in [-0.2, 0) is 0 Å². The fourth-order valence-corrected chi connectivity index (χ4v) is 3.18. The van der Waals surface area contributed by atoms with E-state index in [4.69, 9.17) is 4.42 Å². The third-order valence-corrected chi connectivity index (χ3v) is 4.39. The minimum absolute atomic E-state index is 0.205. The fraction of sp³-hybridized carbons (Fsp3) is 0.333. The molecule has 1 aliphatic rings. The van der Waals surface area contributed by atoms with Gasteiger partial charge in [0.25, 0.3) is 6.01 Å². The van der Waals surface area contributed by atoms with Crippen molar-refractivity contribution in [3.63, 3.8) is 0 Å². The van der Waals surface area contributed by atoms with Gasteiger partial charge in [-0.2, -0.15) is 4.98 Å². The van der Waals surface area contributed by atoms with Gasteiger partial charge in [0.15, 0.2) is 5.58 Å². The second-order valence-corrected chi connectivity index (χ2v) is 6.30. The van der Waals surface area contributed by atoms with Crippen LogP contribution in [0.1, 0.15) is 12.8 Å². The number of aromatic hydroxyl groups is 1. The monoisotopic (exact) mass is 324 g/mol. The first kappa shape index (κ1) is 15.0. The minimum Gasteiger partial charge on any atom is -0.507 e. The molecular weight excluding hydrogens is 304 g/mol. The van der Waals surface area contributed by atoms with Crippen molar-refractivity contribution in [2.75, 3.05) is 25.5 Å². The van der Waals surface area contributed by atoms with Crippen molar-refractivity contribution in [3.05, 3.63) is 36.4 Å². The largest absolute Gasteiger partial charge is 0.507 e. The van der Waals surface area contributed by atoms with Gasteiger partial charge in [-0.15, -0.1) is 0 Å². The Morgan fingerprint density at radius 2 is 2.08 bits per heavy atom. The van der Waals surface area contributed by atoms with Gasteiger partial charge in [-0.25, -0.2) is 4.98 Å². The van der Waals surface area contributed by atoms with Crippen molar-refractivity contribution in [3.8, 4) is 17.0 Å². The number of hydrogen-bond acceptors (Lipinski definition) is 6. The molecule has 24 heavy (non-hydrogen) atoms. The molecule has 4 rings (SSSR count). The van der Waals surface area contributed by atoms with Crippen LogP contribution >= 0.6 is 0 Å². The van der Waals surface area contributed by atoms with Gasteiger partial charge in [-0.05, 0) is 50.7 Å². The molecule has 2 aromatic heterocycles. The molecule has 1 fully saturated rings. The number of phenolic OH excluding ortho intramolecular Hbond substituents is 1. The SMILES string of the molecule is CN1CCC[C@@H](Nc2nc3nc(-c4ccccc4O)ccc3o2)C1. The molecule has 0 saturated carbocycles. The highest BCUT2D eigenvalue weighted by Gasteiger charge is 2.19. The average molecular weight is 324 g/mol. The number of nitrogens with one attached hydrogen (secondary N) is 1. The van der Waals surface area contributed by atoms with E-state index >= 15 is 0 Å². The topological polar surface area (TPSA) is 74.4 Å². The van der Waals surface area contributed by atoms with E-state index in [1.807, 2.05) is 24.3 Å². The van der Waals surface area contributed by atoms with Gasteiger partial charge < -0.3 is 19.7 Å². The fourth-order valence-electron chi connectivity index (χ4n) is 3.18. The van der Waals surface area contributed by atoms with Gasteiger partial charge in [0, 0.05) is 18.2 Å². The molecule has 124 valence electrons. The number of rotatable bonds is 3. The number of nitrogens with zero attached hydrogens (tertiary/aromatic N) is 3. The average Bonchev–Trinajstić information content (AvgIpc) is 2.96. The highest BCUT2D eigenvalue weighted by atomic mass is 16.4. The van der Waals surface area contributed by atoms with E-state index < -0.39 is 0 Å². The summed E-state index contributed by atoms with van der Waals surface area (Å²) in [4.78, 5) is 11.3. The number of likely N-dealkylation sites (tertiary alicyclic amines) is 1. The number of aromatic nitrogens is 2. The van der Waals surface area contributed by atoms with Crippen LogP contribution in [0.2, 0.25) is 0 Å². The molecule has 1 atom stereocenters. The maximum absolute atomic E-state index is 9.98. The summed E-state index contributed by atoms with van der Waals surface area (Å²) >= 11 is 0. The second-order valence-electron chi connectivity index (χ2n) is 6.30. The lowest BCUT2D eigenvalue weighted by atomic mass is 10.1. The minimum atomic E-state index is 0.205. The van der Waals surface area contributed by atoms with Gasteiger partial charge >= 0.3 is 0 Å². The van der Waals surface area contributed by atoms with Gasteiger partial charge in [-0.3, -0.25) is 0 Å². The number of pyridine rings is 1. The summed E-state index contributed by atoms with van der Waals surface area (Å²) in [6, 6.07) is 11.7. The zero-order valence-electron chi connectivity index (χ0n) is 13.6. The van der Waals surface area contributed by atoms with Gasteiger partial charge in [0.05, 0.1) is 5.69 Å². The maximum Gasteiger partial charge on any atom is 0.297 e. The van der Waals surface area contributed by atoms with Crippen molar-refractivity contribution < 1.29 is 9.52 Å². The quantitative estimate of drug-likeness (QED) is 0.771. The Kier molecular flexibility index (Phi) is 3.82. The van der Waals surface area contributed by atoms with E-state index in [9.17, 15) is 5.11 Å². The highest BCUT2D eigenvalue weighted by molar-refractivity contribution is 5.76. The van der Waals surface area contributed by atoms with E-state index in [1.165, 1.54) is 6.42 Å². The van der Waals surface area contributed by atoms with E-state index in [-0.39, 0.29) is 5.75 Å². The molecule has 0 bridgehead atoms. The lowest BCUT2D eigenvalue weighted by molar-refractivity contribution is 0.259. The number of anilines is 1. The summed E-state index contributed by atoms with van der Waals surface area (Å²) < 4.78 is 5.76. The van der Waals surface area contributed by atoms with Crippen LogP contribution < -0.4 is 5.32 Å². The Morgan fingerprint density at radius 1 is 1.21 bits per heavy atom. The lowest BCUT2D eigenvalue weighted by Crippen LogP contribution is -2.39. The lowest BCUT2D eigenvalue weighted by Gasteiger charge is -2.29. The molecule has 1 saturated heterocycles. The van der Waals surface area contributed by atoms with Crippen LogP contribution in [0.25, 0.3) is 22.5 Å². The van der Waals surface area contributed by atoms with E-state index in [0.29, 0.717) is 34.5 Å². The second kappa shape index (κ2) is 6.13. The summed E-state index contributed by atoms with van der Waals surface area (Å²) in [6.07, 6.45) is 2.28. The number of fused-ring (bicyclic) bond motifs is 1.